The van der Waals surface area contributed by atoms with E-state index in [4.69, 9.17) is 0 Å². The second-order valence-corrected chi connectivity index (χ2v) is 33.8. The Morgan fingerprint density at radius 2 is 0.588 bits per heavy atom. The van der Waals surface area contributed by atoms with Crippen molar-refractivity contribution >= 4 is 0 Å². The molecule has 0 bridgehead atoms. The monoisotopic (exact) mass is 1100 g/mol. The lowest BCUT2D eigenvalue weighted by molar-refractivity contribution is -0.192. The molecule has 2 nitrogen and oxygen atoms in total. The van der Waals surface area contributed by atoms with Gasteiger partial charge in [0.25, 0.3) is 0 Å². The Bertz CT molecular complexity index is 1650. The highest BCUT2D eigenvalue weighted by atomic mass is 15.2. The first kappa shape index (κ1) is 60.2. The van der Waals surface area contributed by atoms with Crippen LogP contribution in [-0.4, -0.2) is 46.1 Å². The molecule has 12 aliphatic carbocycles. The fourth-order valence-electron chi connectivity index (χ4n) is 25.5. The summed E-state index contributed by atoms with van der Waals surface area (Å²) in [6, 6.07) is 5.35. The first-order valence-corrected chi connectivity index (χ1v) is 39.0. The summed E-state index contributed by atoms with van der Waals surface area (Å²) in [6.45, 7) is 10.0. The molecule has 12 rings (SSSR count). The average Bonchev–Trinajstić information content (AvgIpc) is 3.69. The minimum atomic E-state index is 0.887. The van der Waals surface area contributed by atoms with Gasteiger partial charge >= 0.3 is 0 Å². The maximum absolute atomic E-state index is 3.61. The van der Waals surface area contributed by atoms with E-state index in [0.717, 1.165) is 143 Å². The molecule has 16 unspecified atom stereocenters. The third-order valence-corrected chi connectivity index (χ3v) is 29.6. The summed E-state index contributed by atoms with van der Waals surface area (Å²) < 4.78 is 0. The summed E-state index contributed by atoms with van der Waals surface area (Å²) in [5.74, 6) is 18.7. The van der Waals surface area contributed by atoms with Gasteiger partial charge in [0, 0.05) is 36.3 Å². The maximum Gasteiger partial charge on any atom is 0.0135 e. The average molecular weight is 1100 g/mol. The SMILES string of the molecule is CCCCCCCCC1CCC(N(C2CCC(C)CC2)C2CC(C3CCC4CCCCC4C3)C3CCC4C5C(CCC2C35)C(C2CCC3CCCCC3C2)CC4N(C2CCC(C)CC2)C2CCC(CCCCCCCC)CC2)CC1. The maximum atomic E-state index is 3.61. The van der Waals surface area contributed by atoms with Gasteiger partial charge in [0.15, 0.2) is 0 Å². The molecule has 16 atom stereocenters. The van der Waals surface area contributed by atoms with Crippen LogP contribution in [0.5, 0.6) is 0 Å². The van der Waals surface area contributed by atoms with E-state index in [2.05, 4.69) is 37.5 Å². The lowest BCUT2D eigenvalue weighted by Crippen LogP contribution is -2.67. The number of unbranched alkanes of at least 4 members (excludes halogenated alkanes) is 10. The van der Waals surface area contributed by atoms with Gasteiger partial charge in [-0.25, -0.2) is 0 Å². The third kappa shape index (κ3) is 13.9. The lowest BCUT2D eigenvalue weighted by atomic mass is 9.41. The molecule has 0 aromatic heterocycles. The first-order valence-electron chi connectivity index (χ1n) is 39.0. The van der Waals surface area contributed by atoms with Gasteiger partial charge in [0.2, 0.25) is 0 Å². The van der Waals surface area contributed by atoms with Crippen molar-refractivity contribution < 1.29 is 0 Å². The van der Waals surface area contributed by atoms with Crippen molar-refractivity contribution in [3.05, 3.63) is 0 Å². The summed E-state index contributed by atoms with van der Waals surface area (Å²) in [6.07, 6.45) is 77.7. The molecular formula is C78H136N2. The summed E-state index contributed by atoms with van der Waals surface area (Å²) >= 11 is 0. The van der Waals surface area contributed by atoms with Gasteiger partial charge in [-0.3, -0.25) is 9.80 Å². The molecule has 458 valence electrons. The predicted molar refractivity (Wildman–Crippen MR) is 343 cm³/mol. The normalized spacial score (nSPS) is 46.1. The Hall–Kier alpha value is -0.0800. The molecule has 12 saturated carbocycles. The summed E-state index contributed by atoms with van der Waals surface area (Å²) in [5, 5.41) is 0. The second-order valence-electron chi connectivity index (χ2n) is 33.8. The zero-order valence-corrected chi connectivity index (χ0v) is 54.1. The van der Waals surface area contributed by atoms with Crippen LogP contribution in [0.15, 0.2) is 0 Å². The molecule has 0 spiro atoms. The number of hydrogen-bond donors (Lipinski definition) is 0. The summed E-state index contributed by atoms with van der Waals surface area (Å²) in [7, 11) is 0. The molecule has 12 aliphatic rings. The molecule has 0 aliphatic heterocycles. The summed E-state index contributed by atoms with van der Waals surface area (Å²) in [5.41, 5.74) is 0. The molecule has 0 saturated heterocycles. The number of fused-ring (bicyclic) bond motifs is 2. The molecule has 12 fully saturated rings. The van der Waals surface area contributed by atoms with E-state index in [9.17, 15) is 0 Å². The quantitative estimate of drug-likeness (QED) is 0.0997. The van der Waals surface area contributed by atoms with E-state index in [0.29, 0.717) is 0 Å². The van der Waals surface area contributed by atoms with Crippen LogP contribution < -0.4 is 0 Å². The summed E-state index contributed by atoms with van der Waals surface area (Å²) in [4.78, 5) is 7.22. The molecule has 0 heterocycles. The predicted octanol–water partition coefficient (Wildman–Crippen LogP) is 22.6. The minimum Gasteiger partial charge on any atom is -0.294 e. The Morgan fingerprint density at radius 1 is 0.263 bits per heavy atom. The zero-order valence-electron chi connectivity index (χ0n) is 54.1. The molecule has 0 aromatic rings. The number of hydrogen-bond acceptors (Lipinski definition) is 2. The number of rotatable bonds is 22. The van der Waals surface area contributed by atoms with Gasteiger partial charge in [-0.2, -0.15) is 0 Å². The van der Waals surface area contributed by atoms with Gasteiger partial charge in [-0.05, 0) is 286 Å². The van der Waals surface area contributed by atoms with E-state index in [1.807, 2.05) is 0 Å². The van der Waals surface area contributed by atoms with Crippen molar-refractivity contribution in [1.82, 2.24) is 9.80 Å². The van der Waals surface area contributed by atoms with E-state index >= 15 is 0 Å². The smallest absolute Gasteiger partial charge is 0.0135 e. The highest BCUT2D eigenvalue weighted by Gasteiger charge is 2.64. The largest absolute Gasteiger partial charge is 0.294 e. The van der Waals surface area contributed by atoms with E-state index in [-0.39, 0.29) is 0 Å². The van der Waals surface area contributed by atoms with Crippen LogP contribution in [0.3, 0.4) is 0 Å². The Labute approximate surface area is 498 Å². The van der Waals surface area contributed by atoms with Crippen molar-refractivity contribution in [3.63, 3.8) is 0 Å². The molecule has 80 heavy (non-hydrogen) atoms. The van der Waals surface area contributed by atoms with Crippen molar-refractivity contribution in [2.75, 3.05) is 0 Å². The van der Waals surface area contributed by atoms with E-state index in [1.165, 1.54) is 128 Å². The van der Waals surface area contributed by atoms with Gasteiger partial charge in [-0.1, -0.05) is 169 Å². The van der Waals surface area contributed by atoms with Crippen molar-refractivity contribution in [2.24, 2.45) is 107 Å². The van der Waals surface area contributed by atoms with Gasteiger partial charge in [0.1, 0.15) is 0 Å². The van der Waals surface area contributed by atoms with Gasteiger partial charge in [0.05, 0.1) is 0 Å². The lowest BCUT2D eigenvalue weighted by Gasteiger charge is -2.68. The molecule has 0 N–H and O–H groups in total. The van der Waals surface area contributed by atoms with Crippen LogP contribution in [-0.2, 0) is 0 Å². The highest BCUT2D eigenvalue weighted by Crippen LogP contribution is 2.68. The Kier molecular flexibility index (Phi) is 22.0. The molecule has 0 radical (unpaired) electrons. The molecule has 2 heteroatoms. The van der Waals surface area contributed by atoms with Crippen LogP contribution in [0.25, 0.3) is 0 Å². The minimum absolute atomic E-state index is 0.887. The zero-order chi connectivity index (χ0) is 54.4. The molecule has 0 aromatic carbocycles. The van der Waals surface area contributed by atoms with Crippen LogP contribution in [0, 0.1) is 107 Å². The highest BCUT2D eigenvalue weighted by molar-refractivity contribution is 5.14. The third-order valence-electron chi connectivity index (χ3n) is 29.6. The number of nitrogens with zero attached hydrogens (tertiary/aromatic N) is 2. The van der Waals surface area contributed by atoms with E-state index < -0.39 is 0 Å². The Balaban J connectivity index is 0.874. The van der Waals surface area contributed by atoms with Crippen molar-refractivity contribution in [3.8, 4) is 0 Å². The fourth-order valence-corrected chi connectivity index (χ4v) is 25.5. The van der Waals surface area contributed by atoms with Crippen LogP contribution in [0.4, 0.5) is 0 Å². The van der Waals surface area contributed by atoms with E-state index in [1.54, 1.807) is 193 Å². The molecule has 0 amide bonds. The van der Waals surface area contributed by atoms with Gasteiger partial charge in [-0.15, -0.1) is 0 Å². The fraction of sp³-hybridized carbons (Fsp3) is 1.00. The first-order chi connectivity index (χ1) is 39.4. The van der Waals surface area contributed by atoms with Gasteiger partial charge < -0.3 is 0 Å². The van der Waals surface area contributed by atoms with Crippen molar-refractivity contribution in [2.45, 2.75) is 385 Å². The molecular weight excluding hydrogens is 965 g/mol. The standard InChI is InChI=1S/C78H136N2/c1-5-7-9-11-13-15-21-57-31-43-67(44-32-57)79(65-39-27-55(3)28-40-65)75-53-73(63-37-35-59-23-17-19-25-61(59)51-63)69-48-50-72-76(54-74(70-47-49-71(75)77(69)78(70)72)64-38-36-60-24-18-20-26-62(60)52-64)80(66-41-29-56(4)30-42-66)68-45-33-58(34-46-68)22-16-14-12-10-8-6-2/h55-78H,5-54H2,1-4H3. The van der Waals surface area contributed by atoms with Crippen LogP contribution in [0.1, 0.15) is 349 Å². The van der Waals surface area contributed by atoms with Crippen LogP contribution in [0.2, 0.25) is 0 Å². The topological polar surface area (TPSA) is 6.48 Å². The Morgan fingerprint density at radius 3 is 0.975 bits per heavy atom. The van der Waals surface area contributed by atoms with Crippen molar-refractivity contribution in [1.29, 1.82) is 0 Å². The van der Waals surface area contributed by atoms with Crippen LogP contribution >= 0.6 is 0 Å². The second kappa shape index (κ2) is 29.3.